The van der Waals surface area contributed by atoms with Gasteiger partial charge in [0.1, 0.15) is 5.69 Å². The predicted molar refractivity (Wildman–Crippen MR) is 119 cm³/mol. The van der Waals surface area contributed by atoms with E-state index in [1.54, 1.807) is 36.5 Å². The van der Waals surface area contributed by atoms with Gasteiger partial charge < -0.3 is 10.6 Å². The van der Waals surface area contributed by atoms with E-state index in [2.05, 4.69) is 72.6 Å². The summed E-state index contributed by atoms with van der Waals surface area (Å²) in [5.74, 6) is 0.648. The summed E-state index contributed by atoms with van der Waals surface area (Å²) in [6.45, 7) is 8.57. The van der Waals surface area contributed by atoms with E-state index in [0.717, 1.165) is 5.69 Å². The fourth-order valence-corrected chi connectivity index (χ4v) is 3.21. The number of nitriles is 1. The van der Waals surface area contributed by atoms with Crippen LogP contribution >= 0.6 is 0 Å². The molecule has 0 aliphatic heterocycles. The smallest absolute Gasteiger partial charge is 0.274 e. The molecule has 3 rings (SSSR count). The lowest BCUT2D eigenvalue weighted by Crippen LogP contribution is -2.15. The highest BCUT2D eigenvalue weighted by Crippen LogP contribution is 2.33. The molecule has 0 saturated carbocycles. The third-order valence-electron chi connectivity index (χ3n) is 4.75. The van der Waals surface area contributed by atoms with Crippen LogP contribution in [0.4, 0.5) is 17.3 Å². The van der Waals surface area contributed by atoms with Crippen molar-refractivity contribution in [3.8, 4) is 6.07 Å². The Bertz CT molecular complexity index is 1070. The van der Waals surface area contributed by atoms with Crippen LogP contribution in [0.1, 0.15) is 66.7 Å². The summed E-state index contributed by atoms with van der Waals surface area (Å²) in [5, 5.41) is 15.1. The Balaban J connectivity index is 1.88. The summed E-state index contributed by atoms with van der Waals surface area (Å²) in [4.78, 5) is 21.4. The molecule has 0 fully saturated rings. The van der Waals surface area contributed by atoms with E-state index in [4.69, 9.17) is 5.26 Å². The SMILES string of the molecule is CC(C)c1cccc(C(C)C)c1Nc1nccc(C(=O)Nc2cccc(C#N)c2)n1. The molecule has 6 heteroatoms. The van der Waals surface area contributed by atoms with Crippen molar-refractivity contribution in [2.75, 3.05) is 10.6 Å². The molecule has 1 heterocycles. The molecule has 0 bridgehead atoms. The summed E-state index contributed by atoms with van der Waals surface area (Å²) in [6.07, 6.45) is 1.56. The fourth-order valence-electron chi connectivity index (χ4n) is 3.21. The normalized spacial score (nSPS) is 10.7. The standard InChI is InChI=1S/C24H25N5O/c1-15(2)19-9-6-10-20(16(3)4)22(19)29-24-26-12-11-21(28-24)23(30)27-18-8-5-7-17(13-18)14-25/h5-13,15-16H,1-4H3,(H,27,30)(H,26,28,29). The second-order valence-electron chi connectivity index (χ2n) is 7.66. The summed E-state index contributed by atoms with van der Waals surface area (Å²) in [6, 6.07) is 16.6. The molecule has 0 atom stereocenters. The number of rotatable bonds is 6. The Hall–Kier alpha value is -3.72. The first-order chi connectivity index (χ1) is 14.4. The lowest BCUT2D eigenvalue weighted by molar-refractivity contribution is 0.102. The van der Waals surface area contributed by atoms with Gasteiger partial charge in [-0.05, 0) is 47.2 Å². The van der Waals surface area contributed by atoms with E-state index in [1.807, 2.05) is 0 Å². The average molecular weight is 399 g/mol. The number of hydrogen-bond acceptors (Lipinski definition) is 5. The monoisotopic (exact) mass is 399 g/mol. The highest BCUT2D eigenvalue weighted by atomic mass is 16.1. The minimum Gasteiger partial charge on any atom is -0.324 e. The quantitative estimate of drug-likeness (QED) is 0.564. The largest absolute Gasteiger partial charge is 0.324 e. The van der Waals surface area contributed by atoms with Gasteiger partial charge in [0.05, 0.1) is 11.6 Å². The van der Waals surface area contributed by atoms with Gasteiger partial charge in [0, 0.05) is 17.6 Å². The van der Waals surface area contributed by atoms with Crippen LogP contribution in [0.5, 0.6) is 0 Å². The van der Waals surface area contributed by atoms with E-state index in [-0.39, 0.29) is 11.6 Å². The molecular weight excluding hydrogens is 374 g/mol. The Morgan fingerprint density at radius 2 is 1.67 bits per heavy atom. The number of carbonyl (C=O) groups is 1. The van der Waals surface area contributed by atoms with Gasteiger partial charge in [-0.3, -0.25) is 4.79 Å². The van der Waals surface area contributed by atoms with Crippen molar-refractivity contribution in [3.63, 3.8) is 0 Å². The number of anilines is 3. The Morgan fingerprint density at radius 3 is 2.30 bits per heavy atom. The number of nitrogens with zero attached hydrogens (tertiary/aromatic N) is 3. The van der Waals surface area contributed by atoms with Crippen molar-refractivity contribution in [1.29, 1.82) is 5.26 Å². The van der Waals surface area contributed by atoms with Gasteiger partial charge in [-0.15, -0.1) is 0 Å². The van der Waals surface area contributed by atoms with Crippen molar-refractivity contribution in [2.45, 2.75) is 39.5 Å². The molecule has 0 unspecified atom stereocenters. The van der Waals surface area contributed by atoms with Crippen LogP contribution < -0.4 is 10.6 Å². The van der Waals surface area contributed by atoms with Gasteiger partial charge >= 0.3 is 0 Å². The van der Waals surface area contributed by atoms with Crippen LogP contribution in [0.2, 0.25) is 0 Å². The Labute approximate surface area is 177 Å². The van der Waals surface area contributed by atoms with Crippen molar-refractivity contribution in [1.82, 2.24) is 9.97 Å². The fraction of sp³-hybridized carbons (Fsp3) is 0.250. The third kappa shape index (κ3) is 4.81. The number of benzene rings is 2. The van der Waals surface area contributed by atoms with Gasteiger partial charge in [0.25, 0.3) is 5.91 Å². The number of amides is 1. The second-order valence-corrected chi connectivity index (χ2v) is 7.66. The van der Waals surface area contributed by atoms with Crippen molar-refractivity contribution in [3.05, 3.63) is 77.1 Å². The van der Waals surface area contributed by atoms with Gasteiger partial charge in [-0.1, -0.05) is 52.0 Å². The molecule has 1 amide bonds. The lowest BCUT2D eigenvalue weighted by atomic mass is 9.93. The second kappa shape index (κ2) is 9.19. The molecule has 6 nitrogen and oxygen atoms in total. The molecule has 0 aliphatic carbocycles. The van der Waals surface area contributed by atoms with Crippen LogP contribution in [-0.4, -0.2) is 15.9 Å². The Kier molecular flexibility index (Phi) is 6.43. The summed E-state index contributed by atoms with van der Waals surface area (Å²) in [7, 11) is 0. The van der Waals surface area contributed by atoms with E-state index in [0.29, 0.717) is 29.0 Å². The number of hydrogen-bond donors (Lipinski definition) is 2. The molecular formula is C24H25N5O. The molecule has 0 radical (unpaired) electrons. The van der Waals surface area contributed by atoms with Crippen LogP contribution in [0, 0.1) is 11.3 Å². The van der Waals surface area contributed by atoms with Gasteiger partial charge in [0.15, 0.2) is 0 Å². The van der Waals surface area contributed by atoms with Gasteiger partial charge in [-0.25, -0.2) is 9.97 Å². The maximum atomic E-state index is 12.7. The highest BCUT2D eigenvalue weighted by Gasteiger charge is 2.16. The number of nitrogens with one attached hydrogen (secondary N) is 2. The summed E-state index contributed by atoms with van der Waals surface area (Å²) in [5.41, 5.74) is 4.59. The first-order valence-corrected chi connectivity index (χ1v) is 9.93. The highest BCUT2D eigenvalue weighted by molar-refractivity contribution is 6.03. The molecule has 3 aromatic rings. The molecule has 1 aromatic heterocycles. The maximum absolute atomic E-state index is 12.7. The zero-order valence-electron chi connectivity index (χ0n) is 17.6. The molecule has 0 spiro atoms. The third-order valence-corrected chi connectivity index (χ3v) is 4.75. The molecule has 0 aliphatic rings. The van der Waals surface area contributed by atoms with Gasteiger partial charge in [0.2, 0.25) is 5.95 Å². The van der Waals surface area contributed by atoms with Crippen LogP contribution in [0.3, 0.4) is 0 Å². The van der Waals surface area contributed by atoms with E-state index in [9.17, 15) is 4.79 Å². The van der Waals surface area contributed by atoms with Crippen LogP contribution in [-0.2, 0) is 0 Å². The molecule has 152 valence electrons. The van der Waals surface area contributed by atoms with Crippen LogP contribution in [0.25, 0.3) is 0 Å². The molecule has 0 saturated heterocycles. The van der Waals surface area contributed by atoms with Crippen LogP contribution in [0.15, 0.2) is 54.7 Å². The van der Waals surface area contributed by atoms with E-state index >= 15 is 0 Å². The summed E-state index contributed by atoms with van der Waals surface area (Å²) < 4.78 is 0. The minimum absolute atomic E-state index is 0.239. The van der Waals surface area contributed by atoms with Crippen molar-refractivity contribution >= 4 is 23.2 Å². The first-order valence-electron chi connectivity index (χ1n) is 9.93. The zero-order chi connectivity index (χ0) is 21.7. The topological polar surface area (TPSA) is 90.7 Å². The predicted octanol–water partition coefficient (Wildman–Crippen LogP) is 5.59. The zero-order valence-corrected chi connectivity index (χ0v) is 17.6. The number of aromatic nitrogens is 2. The lowest BCUT2D eigenvalue weighted by Gasteiger charge is -2.20. The minimum atomic E-state index is -0.364. The summed E-state index contributed by atoms with van der Waals surface area (Å²) >= 11 is 0. The van der Waals surface area contributed by atoms with Crippen molar-refractivity contribution in [2.24, 2.45) is 0 Å². The molecule has 2 aromatic carbocycles. The average Bonchev–Trinajstić information content (AvgIpc) is 2.73. The maximum Gasteiger partial charge on any atom is 0.274 e. The van der Waals surface area contributed by atoms with E-state index < -0.39 is 0 Å². The molecule has 2 N–H and O–H groups in total. The Morgan fingerprint density at radius 1 is 1.00 bits per heavy atom. The number of carbonyl (C=O) groups excluding carboxylic acids is 1. The van der Waals surface area contributed by atoms with E-state index in [1.165, 1.54) is 11.1 Å². The number of para-hydroxylation sites is 1. The van der Waals surface area contributed by atoms with Crippen molar-refractivity contribution < 1.29 is 4.79 Å². The molecule has 30 heavy (non-hydrogen) atoms. The first kappa shape index (κ1) is 21.0. The van der Waals surface area contributed by atoms with Gasteiger partial charge in [-0.2, -0.15) is 5.26 Å².